The topological polar surface area (TPSA) is 57.5 Å². The summed E-state index contributed by atoms with van der Waals surface area (Å²) in [6.45, 7) is 6.10. The van der Waals surface area contributed by atoms with Gasteiger partial charge in [-0.2, -0.15) is 13.2 Å². The molecule has 0 radical (unpaired) electrons. The normalized spacial score (nSPS) is 18.5. The number of likely N-dealkylation sites (tertiary alicyclic amines) is 1. The summed E-state index contributed by atoms with van der Waals surface area (Å²) < 4.78 is 39.9. The van der Waals surface area contributed by atoms with Crippen molar-refractivity contribution in [3.63, 3.8) is 0 Å². The highest BCUT2D eigenvalue weighted by molar-refractivity contribution is 5.80. The molecule has 0 saturated carbocycles. The fourth-order valence-corrected chi connectivity index (χ4v) is 3.76. The third-order valence-electron chi connectivity index (χ3n) is 5.02. The monoisotopic (exact) mass is 410 g/mol. The van der Waals surface area contributed by atoms with E-state index in [-0.39, 0.29) is 6.04 Å². The maximum atomic E-state index is 12.6. The molecule has 0 bridgehead atoms. The Kier molecular flexibility index (Phi) is 7.00. The number of guanidine groups is 1. The van der Waals surface area contributed by atoms with E-state index in [1.807, 2.05) is 32.0 Å². The molecule has 6 nitrogen and oxygen atoms in total. The molecule has 1 aliphatic rings. The number of hydrogen-bond donors (Lipinski definition) is 2. The number of aryl methyl sites for hydroxylation is 2. The molecule has 160 valence electrons. The van der Waals surface area contributed by atoms with Crippen LogP contribution in [0.4, 0.5) is 13.2 Å². The zero-order valence-electron chi connectivity index (χ0n) is 17.0. The minimum absolute atomic E-state index is 0.0185. The Morgan fingerprint density at radius 2 is 2.10 bits per heavy atom. The van der Waals surface area contributed by atoms with E-state index in [9.17, 15) is 13.2 Å². The molecule has 1 aliphatic heterocycles. The predicted molar refractivity (Wildman–Crippen MR) is 109 cm³/mol. The number of imidazole rings is 1. The van der Waals surface area contributed by atoms with Crippen molar-refractivity contribution in [3.8, 4) is 0 Å². The molecule has 2 N–H and O–H groups in total. The third-order valence-corrected chi connectivity index (χ3v) is 5.02. The predicted octanol–water partition coefficient (Wildman–Crippen LogP) is 2.93. The number of halogens is 3. The first-order valence-corrected chi connectivity index (χ1v) is 10.1. The molecule has 9 heteroatoms. The summed E-state index contributed by atoms with van der Waals surface area (Å²) in [6, 6.07) is 8.05. The molecule has 2 aromatic rings. The van der Waals surface area contributed by atoms with E-state index in [2.05, 4.69) is 31.2 Å². The molecule has 29 heavy (non-hydrogen) atoms. The van der Waals surface area contributed by atoms with Crippen molar-refractivity contribution in [3.05, 3.63) is 30.1 Å². The lowest BCUT2D eigenvalue weighted by atomic mass is 10.3. The van der Waals surface area contributed by atoms with Crippen molar-refractivity contribution in [2.45, 2.75) is 45.5 Å². The number of benzene rings is 1. The number of aromatic nitrogens is 2. The number of hydrogen-bond acceptors (Lipinski definition) is 3. The fourth-order valence-electron chi connectivity index (χ4n) is 3.76. The Bertz CT molecular complexity index is 829. The van der Waals surface area contributed by atoms with Crippen LogP contribution < -0.4 is 10.6 Å². The van der Waals surface area contributed by atoms with Gasteiger partial charge in [-0.05, 0) is 38.8 Å². The fraction of sp³-hybridized carbons (Fsp3) is 0.600. The second-order valence-corrected chi connectivity index (χ2v) is 7.39. The van der Waals surface area contributed by atoms with Gasteiger partial charge in [0.1, 0.15) is 5.82 Å². The molecule has 2 heterocycles. The number of fused-ring (bicyclic) bond motifs is 1. The largest absolute Gasteiger partial charge is 0.401 e. The van der Waals surface area contributed by atoms with Gasteiger partial charge < -0.3 is 15.2 Å². The van der Waals surface area contributed by atoms with Gasteiger partial charge in [-0.1, -0.05) is 12.1 Å². The average molecular weight is 410 g/mol. The molecular weight excluding hydrogens is 381 g/mol. The van der Waals surface area contributed by atoms with Gasteiger partial charge in [-0.3, -0.25) is 9.89 Å². The van der Waals surface area contributed by atoms with Gasteiger partial charge in [-0.25, -0.2) is 4.98 Å². The molecule has 0 amide bonds. The van der Waals surface area contributed by atoms with Crippen LogP contribution in [0.15, 0.2) is 29.3 Å². The first kappa shape index (κ1) is 21.4. The molecule has 0 spiro atoms. The van der Waals surface area contributed by atoms with Crippen LogP contribution in [0.5, 0.6) is 0 Å². The van der Waals surface area contributed by atoms with Crippen LogP contribution in [0.25, 0.3) is 11.0 Å². The zero-order chi connectivity index (χ0) is 20.9. The lowest BCUT2D eigenvalue weighted by Crippen LogP contribution is -2.45. The molecule has 1 fully saturated rings. The second kappa shape index (κ2) is 9.47. The summed E-state index contributed by atoms with van der Waals surface area (Å²) in [7, 11) is 0. The van der Waals surface area contributed by atoms with E-state index in [4.69, 9.17) is 0 Å². The van der Waals surface area contributed by atoms with Gasteiger partial charge >= 0.3 is 6.18 Å². The van der Waals surface area contributed by atoms with Crippen molar-refractivity contribution < 1.29 is 13.2 Å². The zero-order valence-corrected chi connectivity index (χ0v) is 17.0. The Balaban J connectivity index is 1.51. The van der Waals surface area contributed by atoms with Crippen molar-refractivity contribution in [1.82, 2.24) is 25.1 Å². The summed E-state index contributed by atoms with van der Waals surface area (Å²) in [6.07, 6.45) is -2.62. The van der Waals surface area contributed by atoms with Crippen molar-refractivity contribution in [1.29, 1.82) is 0 Å². The second-order valence-electron chi connectivity index (χ2n) is 7.39. The number of para-hydroxylation sites is 2. The Morgan fingerprint density at radius 1 is 1.31 bits per heavy atom. The molecule has 1 saturated heterocycles. The molecule has 3 rings (SSSR count). The lowest BCUT2D eigenvalue weighted by molar-refractivity contribution is -0.143. The van der Waals surface area contributed by atoms with Crippen LogP contribution in [0.1, 0.15) is 25.6 Å². The van der Waals surface area contributed by atoms with Crippen molar-refractivity contribution in [2.75, 3.05) is 32.7 Å². The SMILES string of the molecule is CCNC(=NCCCn1c(C)nc2ccccc21)NC1CCN(CC(F)(F)F)C1. The van der Waals surface area contributed by atoms with Gasteiger partial charge in [0.2, 0.25) is 0 Å². The van der Waals surface area contributed by atoms with Crippen LogP contribution in [0, 0.1) is 6.92 Å². The highest BCUT2D eigenvalue weighted by Crippen LogP contribution is 2.20. The summed E-state index contributed by atoms with van der Waals surface area (Å²) in [5, 5.41) is 6.46. The van der Waals surface area contributed by atoms with Crippen LogP contribution in [0.2, 0.25) is 0 Å². The van der Waals surface area contributed by atoms with Gasteiger partial charge in [0.15, 0.2) is 5.96 Å². The number of rotatable bonds is 7. The van der Waals surface area contributed by atoms with E-state index in [0.29, 0.717) is 38.6 Å². The minimum atomic E-state index is -4.15. The number of aliphatic imine (C=N–C) groups is 1. The average Bonchev–Trinajstić information content (AvgIpc) is 3.20. The minimum Gasteiger partial charge on any atom is -0.357 e. The third kappa shape index (κ3) is 6.09. The number of alkyl halides is 3. The Hall–Kier alpha value is -2.29. The molecule has 1 atom stereocenters. The highest BCUT2D eigenvalue weighted by Gasteiger charge is 2.34. The van der Waals surface area contributed by atoms with E-state index >= 15 is 0 Å². The summed E-state index contributed by atoms with van der Waals surface area (Å²) in [4.78, 5) is 10.6. The molecule has 0 aliphatic carbocycles. The standard InChI is InChI=1S/C20H29F3N6/c1-3-24-19(27-16-9-12-28(13-16)14-20(21,22)23)25-10-6-11-29-15(2)26-17-7-4-5-8-18(17)29/h4-5,7-8,16H,3,6,9-14H2,1-2H3,(H2,24,25,27). The maximum Gasteiger partial charge on any atom is 0.401 e. The number of nitrogens with one attached hydrogen (secondary N) is 2. The van der Waals surface area contributed by atoms with E-state index in [1.165, 1.54) is 4.90 Å². The van der Waals surface area contributed by atoms with Crippen LogP contribution in [0.3, 0.4) is 0 Å². The Labute approximate surface area is 169 Å². The van der Waals surface area contributed by atoms with Crippen LogP contribution >= 0.6 is 0 Å². The van der Waals surface area contributed by atoms with Gasteiger partial charge in [0.25, 0.3) is 0 Å². The van der Waals surface area contributed by atoms with Gasteiger partial charge in [0, 0.05) is 38.8 Å². The first-order valence-electron chi connectivity index (χ1n) is 10.1. The summed E-state index contributed by atoms with van der Waals surface area (Å²) in [5.41, 5.74) is 2.11. The van der Waals surface area contributed by atoms with E-state index in [1.54, 1.807) is 0 Å². The number of nitrogens with zero attached hydrogens (tertiary/aromatic N) is 4. The van der Waals surface area contributed by atoms with Crippen molar-refractivity contribution >= 4 is 17.0 Å². The lowest BCUT2D eigenvalue weighted by Gasteiger charge is -2.19. The van der Waals surface area contributed by atoms with Crippen molar-refractivity contribution in [2.24, 2.45) is 4.99 Å². The van der Waals surface area contributed by atoms with Gasteiger partial charge in [-0.15, -0.1) is 0 Å². The Morgan fingerprint density at radius 3 is 2.86 bits per heavy atom. The van der Waals surface area contributed by atoms with Crippen LogP contribution in [-0.4, -0.2) is 65.4 Å². The summed E-state index contributed by atoms with van der Waals surface area (Å²) >= 11 is 0. The van der Waals surface area contributed by atoms with Gasteiger partial charge in [0.05, 0.1) is 17.6 Å². The molecular formula is C20H29F3N6. The van der Waals surface area contributed by atoms with Crippen LogP contribution in [-0.2, 0) is 6.54 Å². The first-order chi connectivity index (χ1) is 13.9. The molecule has 1 aromatic heterocycles. The highest BCUT2D eigenvalue weighted by atomic mass is 19.4. The molecule has 1 aromatic carbocycles. The summed E-state index contributed by atoms with van der Waals surface area (Å²) in [5.74, 6) is 1.65. The van der Waals surface area contributed by atoms with E-state index in [0.717, 1.165) is 29.8 Å². The molecule has 1 unspecified atom stereocenters. The van der Waals surface area contributed by atoms with E-state index < -0.39 is 12.7 Å². The smallest absolute Gasteiger partial charge is 0.357 e. The quantitative estimate of drug-likeness (QED) is 0.419. The maximum absolute atomic E-state index is 12.6.